The Labute approximate surface area is 169 Å². The number of carbonyl (C=O) groups excluding carboxylic acids is 1. The number of thioether (sulfide) groups is 1. The number of aromatic nitrogens is 3. The normalized spacial score (nSPS) is 11.9. The average molecular weight is 397 g/mol. The van der Waals surface area contributed by atoms with Crippen LogP contribution in [0.15, 0.2) is 64.9 Å². The molecule has 28 heavy (non-hydrogen) atoms. The molecule has 0 aliphatic carbocycles. The summed E-state index contributed by atoms with van der Waals surface area (Å²) in [6, 6.07) is 11.5. The third-order valence-electron chi connectivity index (χ3n) is 4.32. The number of amides is 1. The van der Waals surface area contributed by atoms with E-state index >= 15 is 0 Å². The predicted octanol–water partition coefficient (Wildman–Crippen LogP) is 4.54. The van der Waals surface area contributed by atoms with Crippen LogP contribution in [-0.2, 0) is 12.3 Å². The molecule has 0 saturated heterocycles. The summed E-state index contributed by atoms with van der Waals surface area (Å²) in [5.41, 5.74) is 1.72. The second kappa shape index (κ2) is 9.41. The summed E-state index contributed by atoms with van der Waals surface area (Å²) in [6.45, 7) is 8.45. The lowest BCUT2D eigenvalue weighted by Gasteiger charge is -2.12. The van der Waals surface area contributed by atoms with E-state index in [0.717, 1.165) is 17.1 Å². The molecule has 0 aliphatic heterocycles. The van der Waals surface area contributed by atoms with Crippen LogP contribution in [-0.4, -0.2) is 26.7 Å². The number of nitrogens with zero attached hydrogens (tertiary/aromatic N) is 3. The summed E-state index contributed by atoms with van der Waals surface area (Å²) in [5, 5.41) is 12.3. The van der Waals surface area contributed by atoms with Crippen molar-refractivity contribution in [1.82, 2.24) is 20.1 Å². The highest BCUT2D eigenvalue weighted by atomic mass is 32.2. The Balaban J connectivity index is 1.73. The Morgan fingerprint density at radius 2 is 2.21 bits per heavy atom. The van der Waals surface area contributed by atoms with E-state index in [-0.39, 0.29) is 11.9 Å². The van der Waals surface area contributed by atoms with E-state index in [1.165, 1.54) is 0 Å². The topological polar surface area (TPSA) is 73.0 Å². The maximum Gasteiger partial charge on any atom is 0.251 e. The van der Waals surface area contributed by atoms with Crippen LogP contribution in [0.3, 0.4) is 0 Å². The van der Waals surface area contributed by atoms with Crippen LogP contribution in [0, 0.1) is 0 Å². The van der Waals surface area contributed by atoms with Gasteiger partial charge >= 0.3 is 0 Å². The largest absolute Gasteiger partial charge is 0.461 e. The second-order valence-electron chi connectivity index (χ2n) is 6.45. The standard InChI is InChI=1S/C21H24N4O2S/c1-4-11-25-19(18-10-7-12-27-18)23-24-21(25)28-14-16-8-6-9-17(13-16)20(26)22-15(3)5-2/h4,6-10,12-13,15H,1,5,11,14H2,2-3H3,(H,22,26). The summed E-state index contributed by atoms with van der Waals surface area (Å²) in [6.07, 6.45) is 4.32. The van der Waals surface area contributed by atoms with E-state index in [1.807, 2.05) is 54.8 Å². The zero-order chi connectivity index (χ0) is 19.9. The summed E-state index contributed by atoms with van der Waals surface area (Å²) >= 11 is 1.57. The van der Waals surface area contributed by atoms with Crippen LogP contribution in [0.1, 0.15) is 36.2 Å². The first-order valence-corrected chi connectivity index (χ1v) is 10.2. The van der Waals surface area contributed by atoms with Crippen LogP contribution >= 0.6 is 11.8 Å². The average Bonchev–Trinajstić information content (AvgIpc) is 3.36. The number of carbonyl (C=O) groups is 1. The Kier molecular flexibility index (Phi) is 6.71. The van der Waals surface area contributed by atoms with Crippen LogP contribution in [0.25, 0.3) is 11.6 Å². The zero-order valence-corrected chi connectivity index (χ0v) is 16.9. The van der Waals surface area contributed by atoms with Gasteiger partial charge in [0, 0.05) is 23.9 Å². The monoisotopic (exact) mass is 396 g/mol. The van der Waals surface area contributed by atoms with Gasteiger partial charge in [0.25, 0.3) is 5.91 Å². The predicted molar refractivity (Wildman–Crippen MR) is 111 cm³/mol. The lowest BCUT2D eigenvalue weighted by Crippen LogP contribution is -2.31. The maximum atomic E-state index is 12.3. The number of rotatable bonds is 9. The fourth-order valence-electron chi connectivity index (χ4n) is 2.64. The zero-order valence-electron chi connectivity index (χ0n) is 16.1. The van der Waals surface area contributed by atoms with Gasteiger partial charge in [0.15, 0.2) is 10.9 Å². The first kappa shape index (κ1) is 19.9. The van der Waals surface area contributed by atoms with Crippen molar-refractivity contribution in [3.8, 4) is 11.6 Å². The van der Waals surface area contributed by atoms with Gasteiger partial charge in [-0.3, -0.25) is 9.36 Å². The number of allylic oxidation sites excluding steroid dienone is 1. The quantitative estimate of drug-likeness (QED) is 0.424. The molecule has 1 aromatic carbocycles. The van der Waals surface area contributed by atoms with Crippen molar-refractivity contribution in [3.63, 3.8) is 0 Å². The first-order valence-electron chi connectivity index (χ1n) is 9.23. The second-order valence-corrected chi connectivity index (χ2v) is 7.40. The van der Waals surface area contributed by atoms with E-state index < -0.39 is 0 Å². The Hall–Kier alpha value is -2.80. The number of benzene rings is 1. The summed E-state index contributed by atoms with van der Waals surface area (Å²) in [7, 11) is 0. The van der Waals surface area contributed by atoms with Gasteiger partial charge < -0.3 is 9.73 Å². The van der Waals surface area contributed by atoms with Crippen molar-refractivity contribution in [2.24, 2.45) is 0 Å². The number of hydrogen-bond donors (Lipinski definition) is 1. The Morgan fingerprint density at radius 3 is 2.93 bits per heavy atom. The highest BCUT2D eigenvalue weighted by Gasteiger charge is 2.16. The van der Waals surface area contributed by atoms with Gasteiger partial charge in [-0.15, -0.1) is 16.8 Å². The molecule has 7 heteroatoms. The van der Waals surface area contributed by atoms with Gasteiger partial charge in [0.2, 0.25) is 5.82 Å². The fraction of sp³-hybridized carbons (Fsp3) is 0.286. The molecule has 1 unspecified atom stereocenters. The number of nitrogens with one attached hydrogen (secondary N) is 1. The molecule has 0 bridgehead atoms. The molecule has 146 valence electrons. The minimum Gasteiger partial charge on any atom is -0.461 e. The molecular formula is C21H24N4O2S. The molecule has 1 N–H and O–H groups in total. The SMILES string of the molecule is C=CCn1c(SCc2cccc(C(=O)NC(C)CC)c2)nnc1-c1ccco1. The molecule has 3 rings (SSSR count). The van der Waals surface area contributed by atoms with Crippen LogP contribution in [0.5, 0.6) is 0 Å². The maximum absolute atomic E-state index is 12.3. The van der Waals surface area contributed by atoms with Crippen LogP contribution in [0.2, 0.25) is 0 Å². The van der Waals surface area contributed by atoms with E-state index in [4.69, 9.17) is 4.42 Å². The summed E-state index contributed by atoms with van der Waals surface area (Å²) < 4.78 is 7.42. The lowest BCUT2D eigenvalue weighted by molar-refractivity contribution is 0.0939. The van der Waals surface area contributed by atoms with Crippen LogP contribution < -0.4 is 5.32 Å². The molecule has 2 aromatic heterocycles. The number of furan rings is 1. The molecule has 1 amide bonds. The van der Waals surface area contributed by atoms with Crippen molar-refractivity contribution in [3.05, 3.63) is 66.4 Å². The Bertz CT molecular complexity index is 934. The molecule has 0 fully saturated rings. The van der Waals surface area contributed by atoms with Gasteiger partial charge in [-0.1, -0.05) is 36.9 Å². The molecule has 6 nitrogen and oxygen atoms in total. The summed E-state index contributed by atoms with van der Waals surface area (Å²) in [5.74, 6) is 1.98. The molecule has 0 radical (unpaired) electrons. The van der Waals surface area contributed by atoms with E-state index in [1.54, 1.807) is 24.1 Å². The highest BCUT2D eigenvalue weighted by molar-refractivity contribution is 7.98. The van der Waals surface area contributed by atoms with Gasteiger partial charge in [-0.25, -0.2) is 0 Å². The van der Waals surface area contributed by atoms with E-state index in [9.17, 15) is 4.79 Å². The molecule has 0 saturated carbocycles. The smallest absolute Gasteiger partial charge is 0.251 e. The van der Waals surface area contributed by atoms with Crippen molar-refractivity contribution >= 4 is 17.7 Å². The highest BCUT2D eigenvalue weighted by Crippen LogP contribution is 2.27. The van der Waals surface area contributed by atoms with Crippen molar-refractivity contribution in [1.29, 1.82) is 0 Å². The molecular weight excluding hydrogens is 372 g/mol. The van der Waals surface area contributed by atoms with E-state index in [0.29, 0.717) is 29.4 Å². The molecule has 0 spiro atoms. The Morgan fingerprint density at radius 1 is 1.36 bits per heavy atom. The van der Waals surface area contributed by atoms with Gasteiger partial charge in [0.1, 0.15) is 0 Å². The van der Waals surface area contributed by atoms with E-state index in [2.05, 4.69) is 22.1 Å². The van der Waals surface area contributed by atoms with Crippen molar-refractivity contribution in [2.75, 3.05) is 0 Å². The van der Waals surface area contributed by atoms with Gasteiger partial charge in [-0.05, 0) is 43.2 Å². The third kappa shape index (κ3) is 4.72. The van der Waals surface area contributed by atoms with Crippen LogP contribution in [0.4, 0.5) is 0 Å². The molecule has 3 aromatic rings. The molecule has 0 aliphatic rings. The number of hydrogen-bond acceptors (Lipinski definition) is 5. The summed E-state index contributed by atoms with van der Waals surface area (Å²) in [4.78, 5) is 12.3. The minimum absolute atomic E-state index is 0.0453. The fourth-order valence-corrected chi connectivity index (χ4v) is 3.53. The first-order chi connectivity index (χ1) is 13.6. The van der Waals surface area contributed by atoms with Crippen molar-refractivity contribution < 1.29 is 9.21 Å². The third-order valence-corrected chi connectivity index (χ3v) is 5.35. The lowest BCUT2D eigenvalue weighted by atomic mass is 10.1. The van der Waals surface area contributed by atoms with Gasteiger partial charge in [-0.2, -0.15) is 0 Å². The molecule has 2 heterocycles. The van der Waals surface area contributed by atoms with Crippen molar-refractivity contribution in [2.45, 2.75) is 43.8 Å². The van der Waals surface area contributed by atoms with Gasteiger partial charge in [0.05, 0.1) is 6.26 Å². The minimum atomic E-state index is -0.0453. The molecule has 1 atom stereocenters.